The fourth-order valence-electron chi connectivity index (χ4n) is 2.59. The highest BCUT2D eigenvalue weighted by molar-refractivity contribution is 14.0. The molecule has 0 bridgehead atoms. The zero-order valence-electron chi connectivity index (χ0n) is 17.3. The van der Waals surface area contributed by atoms with E-state index in [1.165, 1.54) is 6.07 Å². The molecular formula is C20H27F3IN5O2. The first kappa shape index (κ1) is 26.6. The molecule has 0 fully saturated rings. The van der Waals surface area contributed by atoms with E-state index in [1.54, 1.807) is 14.2 Å². The van der Waals surface area contributed by atoms with Crippen molar-refractivity contribution in [1.82, 2.24) is 10.3 Å². The molecule has 7 nitrogen and oxygen atoms in total. The number of nitrogens with two attached hydrogens (primary N) is 1. The van der Waals surface area contributed by atoms with E-state index in [4.69, 9.17) is 15.2 Å². The summed E-state index contributed by atoms with van der Waals surface area (Å²) in [4.78, 5) is 7.97. The normalized spacial score (nSPS) is 11.5. The van der Waals surface area contributed by atoms with Crippen LogP contribution < -0.4 is 25.8 Å². The molecule has 0 amide bonds. The number of rotatable bonds is 10. The topological polar surface area (TPSA) is 93.8 Å². The Balaban J connectivity index is 0.00000480. The molecule has 2 aromatic rings. The molecule has 0 spiro atoms. The molecule has 1 heterocycles. The number of anilines is 1. The van der Waals surface area contributed by atoms with Crippen molar-refractivity contribution in [2.75, 3.05) is 39.2 Å². The number of alkyl halides is 3. The van der Waals surface area contributed by atoms with Gasteiger partial charge in [-0.2, -0.15) is 13.2 Å². The summed E-state index contributed by atoms with van der Waals surface area (Å²) in [7, 11) is 3.18. The maximum absolute atomic E-state index is 12.5. The second kappa shape index (κ2) is 13.1. The van der Waals surface area contributed by atoms with Crippen LogP contribution in [0.1, 0.15) is 17.5 Å². The Hall–Kier alpha value is -2.44. The maximum atomic E-state index is 12.5. The van der Waals surface area contributed by atoms with Gasteiger partial charge in [-0.15, -0.1) is 24.0 Å². The van der Waals surface area contributed by atoms with E-state index >= 15 is 0 Å². The number of ether oxygens (including phenoxy) is 2. The van der Waals surface area contributed by atoms with Crippen molar-refractivity contribution in [3.05, 3.63) is 47.7 Å². The zero-order chi connectivity index (χ0) is 22.0. The van der Waals surface area contributed by atoms with Gasteiger partial charge in [0.25, 0.3) is 0 Å². The molecule has 0 aliphatic carbocycles. The minimum atomic E-state index is -4.38. The highest BCUT2D eigenvalue weighted by atomic mass is 127. The van der Waals surface area contributed by atoms with Gasteiger partial charge in [0.05, 0.1) is 19.8 Å². The lowest BCUT2D eigenvalue weighted by molar-refractivity contribution is -0.137. The van der Waals surface area contributed by atoms with E-state index in [-0.39, 0.29) is 24.0 Å². The van der Waals surface area contributed by atoms with Crippen LogP contribution in [0.5, 0.6) is 11.5 Å². The molecule has 31 heavy (non-hydrogen) atoms. The van der Waals surface area contributed by atoms with Crippen LogP contribution in [0, 0.1) is 0 Å². The fraction of sp³-hybridized carbons (Fsp3) is 0.400. The van der Waals surface area contributed by atoms with Gasteiger partial charge in [0, 0.05) is 25.8 Å². The first-order valence-electron chi connectivity index (χ1n) is 9.35. The lowest BCUT2D eigenvalue weighted by atomic mass is 10.1. The lowest BCUT2D eigenvalue weighted by Gasteiger charge is -2.10. The van der Waals surface area contributed by atoms with Crippen LogP contribution in [0.4, 0.5) is 19.0 Å². The maximum Gasteiger partial charge on any atom is 0.417 e. The van der Waals surface area contributed by atoms with Crippen molar-refractivity contribution < 1.29 is 22.6 Å². The third kappa shape index (κ3) is 9.07. The van der Waals surface area contributed by atoms with E-state index < -0.39 is 11.7 Å². The summed E-state index contributed by atoms with van der Waals surface area (Å²) in [5.74, 6) is 2.07. The SMILES string of the molecule is COc1ccc(CCNC(N)=NCCCNc2ccc(C(F)(F)F)cn2)cc1OC.I. The Morgan fingerprint density at radius 2 is 1.84 bits per heavy atom. The van der Waals surface area contributed by atoms with E-state index in [0.29, 0.717) is 49.3 Å². The quantitative estimate of drug-likeness (QED) is 0.180. The monoisotopic (exact) mass is 553 g/mol. The molecule has 1 aromatic carbocycles. The summed E-state index contributed by atoms with van der Waals surface area (Å²) in [5.41, 5.74) is 6.14. The number of pyridine rings is 1. The predicted molar refractivity (Wildman–Crippen MR) is 126 cm³/mol. The highest BCUT2D eigenvalue weighted by Gasteiger charge is 2.30. The summed E-state index contributed by atoms with van der Waals surface area (Å²) in [6.45, 7) is 1.60. The van der Waals surface area contributed by atoms with Crippen LogP contribution in [0.3, 0.4) is 0 Å². The number of aliphatic imine (C=N–C) groups is 1. The molecule has 0 saturated carbocycles. The van der Waals surface area contributed by atoms with Gasteiger partial charge in [0.15, 0.2) is 17.5 Å². The molecule has 0 saturated heterocycles. The number of hydrogen-bond acceptors (Lipinski definition) is 5. The summed E-state index contributed by atoms with van der Waals surface area (Å²) in [6.07, 6.45) is -2.19. The minimum Gasteiger partial charge on any atom is -0.493 e. The second-order valence-corrected chi connectivity index (χ2v) is 6.34. The number of nitrogens with one attached hydrogen (secondary N) is 2. The van der Waals surface area contributed by atoms with Crippen molar-refractivity contribution in [2.45, 2.75) is 19.0 Å². The number of halogens is 4. The summed E-state index contributed by atoms with van der Waals surface area (Å²) in [6, 6.07) is 8.01. The van der Waals surface area contributed by atoms with Crippen molar-refractivity contribution in [3.8, 4) is 11.5 Å². The Kier molecular flexibility index (Phi) is 11.2. The average molecular weight is 553 g/mol. The number of benzene rings is 1. The van der Waals surface area contributed by atoms with Gasteiger partial charge in [-0.1, -0.05) is 6.07 Å². The first-order chi connectivity index (χ1) is 14.3. The molecule has 172 valence electrons. The van der Waals surface area contributed by atoms with Gasteiger partial charge in [-0.05, 0) is 42.7 Å². The molecule has 0 unspecified atom stereocenters. The number of methoxy groups -OCH3 is 2. The Morgan fingerprint density at radius 1 is 1.10 bits per heavy atom. The van der Waals surface area contributed by atoms with Crippen LogP contribution in [-0.4, -0.2) is 44.8 Å². The van der Waals surface area contributed by atoms with Crippen LogP contribution in [0.25, 0.3) is 0 Å². The van der Waals surface area contributed by atoms with Crippen molar-refractivity contribution >= 4 is 35.8 Å². The Bertz CT molecular complexity index is 833. The molecule has 4 N–H and O–H groups in total. The third-order valence-corrected chi connectivity index (χ3v) is 4.18. The number of hydrogen-bond donors (Lipinski definition) is 3. The predicted octanol–water partition coefficient (Wildman–Crippen LogP) is 3.68. The molecule has 0 atom stereocenters. The highest BCUT2D eigenvalue weighted by Crippen LogP contribution is 2.29. The Morgan fingerprint density at radius 3 is 2.45 bits per heavy atom. The molecule has 1 aromatic heterocycles. The van der Waals surface area contributed by atoms with Crippen molar-refractivity contribution in [1.29, 1.82) is 0 Å². The smallest absolute Gasteiger partial charge is 0.417 e. The van der Waals surface area contributed by atoms with E-state index in [2.05, 4.69) is 20.6 Å². The second-order valence-electron chi connectivity index (χ2n) is 6.34. The Labute approximate surface area is 196 Å². The summed E-state index contributed by atoms with van der Waals surface area (Å²) < 4.78 is 48.0. The zero-order valence-corrected chi connectivity index (χ0v) is 19.7. The summed E-state index contributed by atoms with van der Waals surface area (Å²) in [5, 5.41) is 5.99. The average Bonchev–Trinajstić information content (AvgIpc) is 2.73. The number of aromatic nitrogens is 1. The van der Waals surface area contributed by atoms with Crippen molar-refractivity contribution in [2.24, 2.45) is 10.7 Å². The standard InChI is InChI=1S/C20H26F3N5O2.HI/c1-29-16-6-4-14(12-17(16)30-2)8-11-27-19(24)26-10-3-9-25-18-7-5-15(13-28-18)20(21,22)23;/h4-7,12-13H,3,8-11H2,1-2H3,(H,25,28)(H3,24,26,27);1H. The van der Waals surface area contributed by atoms with E-state index in [0.717, 1.165) is 24.2 Å². The molecule has 0 aliphatic heterocycles. The minimum absolute atomic E-state index is 0. The van der Waals surface area contributed by atoms with Crippen LogP contribution in [0.15, 0.2) is 41.5 Å². The van der Waals surface area contributed by atoms with Gasteiger partial charge < -0.3 is 25.8 Å². The van der Waals surface area contributed by atoms with E-state index in [9.17, 15) is 13.2 Å². The molecule has 0 radical (unpaired) electrons. The van der Waals surface area contributed by atoms with Gasteiger partial charge in [-0.3, -0.25) is 4.99 Å². The van der Waals surface area contributed by atoms with Gasteiger partial charge >= 0.3 is 6.18 Å². The lowest BCUT2D eigenvalue weighted by Crippen LogP contribution is -2.33. The van der Waals surface area contributed by atoms with Crippen LogP contribution >= 0.6 is 24.0 Å². The molecule has 0 aliphatic rings. The third-order valence-electron chi connectivity index (χ3n) is 4.18. The van der Waals surface area contributed by atoms with Gasteiger partial charge in [0.2, 0.25) is 0 Å². The number of nitrogens with zero attached hydrogens (tertiary/aromatic N) is 2. The molecule has 2 rings (SSSR count). The fourth-order valence-corrected chi connectivity index (χ4v) is 2.59. The largest absolute Gasteiger partial charge is 0.493 e. The van der Waals surface area contributed by atoms with Crippen LogP contribution in [0.2, 0.25) is 0 Å². The molecule has 11 heteroatoms. The number of guanidine groups is 1. The van der Waals surface area contributed by atoms with Crippen LogP contribution in [-0.2, 0) is 12.6 Å². The van der Waals surface area contributed by atoms with Gasteiger partial charge in [-0.25, -0.2) is 4.98 Å². The molecular weight excluding hydrogens is 526 g/mol. The van der Waals surface area contributed by atoms with Gasteiger partial charge in [0.1, 0.15) is 5.82 Å². The first-order valence-corrected chi connectivity index (χ1v) is 9.35. The summed E-state index contributed by atoms with van der Waals surface area (Å²) >= 11 is 0. The van der Waals surface area contributed by atoms with Crippen molar-refractivity contribution in [3.63, 3.8) is 0 Å². The van der Waals surface area contributed by atoms with E-state index in [1.807, 2.05) is 18.2 Å².